The molecule has 1 aromatic heterocycles. The van der Waals surface area contributed by atoms with Crippen molar-refractivity contribution >= 4 is 34.3 Å². The fourth-order valence-corrected chi connectivity index (χ4v) is 2.55. The Labute approximate surface area is 159 Å². The average molecular weight is 394 g/mol. The summed E-state index contributed by atoms with van der Waals surface area (Å²) >= 11 is 1.15. The van der Waals surface area contributed by atoms with Crippen LogP contribution in [0.3, 0.4) is 0 Å². The number of esters is 2. The Morgan fingerprint density at radius 1 is 1.04 bits per heavy atom. The molecule has 0 bridgehead atoms. The molecule has 27 heavy (non-hydrogen) atoms. The predicted octanol–water partition coefficient (Wildman–Crippen LogP) is 1.43. The zero-order valence-electron chi connectivity index (χ0n) is 14.7. The molecule has 0 unspecified atom stereocenters. The van der Waals surface area contributed by atoms with E-state index in [2.05, 4.69) is 15.0 Å². The standard InChI is InChI=1S/C17H18N2O7S/c1-23-12-3-5-13(6-4-12)25-9-16(22)26-8-14(20)19-17-18-11(10-27-17)7-15(21)24-2/h3-6,10H,7-9H2,1-2H3,(H,18,19,20). The second-order valence-electron chi connectivity index (χ2n) is 5.07. The van der Waals surface area contributed by atoms with Crippen LogP contribution in [0.1, 0.15) is 5.69 Å². The van der Waals surface area contributed by atoms with Gasteiger partial charge in [-0.05, 0) is 24.3 Å². The van der Waals surface area contributed by atoms with Crippen molar-refractivity contribution in [2.75, 3.05) is 32.8 Å². The van der Waals surface area contributed by atoms with Gasteiger partial charge in [0.15, 0.2) is 18.3 Å². The Morgan fingerprint density at radius 2 is 1.74 bits per heavy atom. The lowest BCUT2D eigenvalue weighted by molar-refractivity contribution is -0.149. The molecule has 0 saturated carbocycles. The number of hydrogen-bond acceptors (Lipinski definition) is 9. The monoisotopic (exact) mass is 394 g/mol. The number of aromatic nitrogens is 1. The number of rotatable bonds is 9. The third-order valence-electron chi connectivity index (χ3n) is 3.13. The van der Waals surface area contributed by atoms with Gasteiger partial charge in [-0.3, -0.25) is 14.9 Å². The molecule has 1 aromatic carbocycles. The molecule has 1 heterocycles. The first kappa shape index (κ1) is 20.2. The second kappa shape index (κ2) is 10.1. The van der Waals surface area contributed by atoms with E-state index in [1.54, 1.807) is 36.8 Å². The molecule has 2 aromatic rings. The van der Waals surface area contributed by atoms with Gasteiger partial charge in [-0.15, -0.1) is 11.3 Å². The van der Waals surface area contributed by atoms with Gasteiger partial charge in [0.25, 0.3) is 5.91 Å². The van der Waals surface area contributed by atoms with E-state index in [1.807, 2.05) is 0 Å². The smallest absolute Gasteiger partial charge is 0.344 e. The number of thiazole rings is 1. The van der Waals surface area contributed by atoms with Gasteiger partial charge in [-0.25, -0.2) is 9.78 Å². The molecule has 0 aliphatic heterocycles. The lowest BCUT2D eigenvalue weighted by Gasteiger charge is -2.07. The van der Waals surface area contributed by atoms with Crippen molar-refractivity contribution in [2.24, 2.45) is 0 Å². The van der Waals surface area contributed by atoms with Crippen LogP contribution in [-0.4, -0.2) is 50.3 Å². The Kier molecular flexibility index (Phi) is 7.56. The van der Waals surface area contributed by atoms with E-state index in [4.69, 9.17) is 14.2 Å². The van der Waals surface area contributed by atoms with Crippen LogP contribution < -0.4 is 14.8 Å². The molecular formula is C17H18N2O7S. The maximum atomic E-state index is 11.8. The van der Waals surface area contributed by atoms with Crippen LogP contribution in [0, 0.1) is 0 Å². The fraction of sp³-hybridized carbons (Fsp3) is 0.294. The summed E-state index contributed by atoms with van der Waals surface area (Å²) in [4.78, 5) is 38.7. The predicted molar refractivity (Wildman–Crippen MR) is 95.9 cm³/mol. The number of methoxy groups -OCH3 is 2. The van der Waals surface area contributed by atoms with E-state index in [0.717, 1.165) is 11.3 Å². The zero-order chi connectivity index (χ0) is 19.6. The number of ether oxygens (including phenoxy) is 4. The molecule has 0 aliphatic carbocycles. The lowest BCUT2D eigenvalue weighted by atomic mass is 10.3. The summed E-state index contributed by atoms with van der Waals surface area (Å²) in [6.07, 6.45) is 0.0144. The third kappa shape index (κ3) is 6.94. The molecule has 0 radical (unpaired) electrons. The van der Waals surface area contributed by atoms with Crippen molar-refractivity contribution in [2.45, 2.75) is 6.42 Å². The molecule has 1 N–H and O–H groups in total. The number of amides is 1. The number of nitrogens with one attached hydrogen (secondary N) is 1. The van der Waals surface area contributed by atoms with E-state index in [9.17, 15) is 14.4 Å². The maximum Gasteiger partial charge on any atom is 0.344 e. The molecule has 0 fully saturated rings. The van der Waals surface area contributed by atoms with Crippen molar-refractivity contribution in [1.29, 1.82) is 0 Å². The van der Waals surface area contributed by atoms with E-state index in [1.165, 1.54) is 7.11 Å². The number of nitrogens with zero attached hydrogens (tertiary/aromatic N) is 1. The van der Waals surface area contributed by atoms with Crippen molar-refractivity contribution in [1.82, 2.24) is 4.98 Å². The van der Waals surface area contributed by atoms with Crippen LogP contribution in [0.15, 0.2) is 29.6 Å². The molecule has 144 valence electrons. The van der Waals surface area contributed by atoms with E-state index >= 15 is 0 Å². The molecule has 0 saturated heterocycles. The summed E-state index contributed by atoms with van der Waals surface area (Å²) in [7, 11) is 2.83. The number of carbonyl (C=O) groups excluding carboxylic acids is 3. The largest absolute Gasteiger partial charge is 0.497 e. The second-order valence-corrected chi connectivity index (χ2v) is 5.93. The quantitative estimate of drug-likeness (QED) is 0.636. The van der Waals surface area contributed by atoms with E-state index in [-0.39, 0.29) is 13.0 Å². The Hall–Kier alpha value is -3.14. The van der Waals surface area contributed by atoms with Gasteiger partial charge in [0.2, 0.25) is 0 Å². The topological polar surface area (TPSA) is 113 Å². The first-order chi connectivity index (χ1) is 13.0. The van der Waals surface area contributed by atoms with Crippen molar-refractivity contribution in [3.8, 4) is 11.5 Å². The summed E-state index contributed by atoms with van der Waals surface area (Å²) in [5.41, 5.74) is 0.479. The Morgan fingerprint density at radius 3 is 2.41 bits per heavy atom. The van der Waals surface area contributed by atoms with E-state index in [0.29, 0.717) is 22.3 Å². The van der Waals surface area contributed by atoms with Crippen LogP contribution in [0.25, 0.3) is 0 Å². The highest BCUT2D eigenvalue weighted by molar-refractivity contribution is 7.13. The average Bonchev–Trinajstić information content (AvgIpc) is 3.11. The van der Waals surface area contributed by atoms with Gasteiger partial charge in [0, 0.05) is 5.38 Å². The highest BCUT2D eigenvalue weighted by Gasteiger charge is 2.12. The molecule has 1 amide bonds. The first-order valence-electron chi connectivity index (χ1n) is 7.73. The van der Waals surface area contributed by atoms with Crippen LogP contribution in [0.4, 0.5) is 5.13 Å². The van der Waals surface area contributed by atoms with Gasteiger partial charge in [0.1, 0.15) is 11.5 Å². The lowest BCUT2D eigenvalue weighted by Crippen LogP contribution is -2.23. The summed E-state index contributed by atoms with van der Waals surface area (Å²) in [6.45, 7) is -0.809. The number of benzene rings is 1. The highest BCUT2D eigenvalue weighted by Crippen LogP contribution is 2.17. The number of hydrogen-bond donors (Lipinski definition) is 1. The normalized spacial score (nSPS) is 10.0. The molecule has 2 rings (SSSR count). The number of carbonyl (C=O) groups is 3. The summed E-state index contributed by atoms with van der Waals surface area (Å²) in [6, 6.07) is 6.67. The number of anilines is 1. The minimum absolute atomic E-state index is 0.0144. The summed E-state index contributed by atoms with van der Waals surface area (Å²) in [5, 5.41) is 4.40. The Bertz CT molecular complexity index is 789. The SMILES string of the molecule is COC(=O)Cc1csc(NC(=O)COC(=O)COc2ccc(OC)cc2)n1. The fourth-order valence-electron chi connectivity index (χ4n) is 1.82. The molecule has 0 spiro atoms. The first-order valence-corrected chi connectivity index (χ1v) is 8.61. The van der Waals surface area contributed by atoms with Gasteiger partial charge >= 0.3 is 11.9 Å². The molecule has 0 aliphatic rings. The van der Waals surface area contributed by atoms with E-state index < -0.39 is 24.5 Å². The van der Waals surface area contributed by atoms with Crippen LogP contribution in [0.5, 0.6) is 11.5 Å². The molecule has 10 heteroatoms. The zero-order valence-corrected chi connectivity index (χ0v) is 15.5. The highest BCUT2D eigenvalue weighted by atomic mass is 32.1. The van der Waals surface area contributed by atoms with Crippen LogP contribution >= 0.6 is 11.3 Å². The van der Waals surface area contributed by atoms with Gasteiger partial charge in [0.05, 0.1) is 26.3 Å². The minimum Gasteiger partial charge on any atom is -0.497 e. The van der Waals surface area contributed by atoms with Crippen molar-refractivity contribution < 1.29 is 33.3 Å². The van der Waals surface area contributed by atoms with Crippen LogP contribution in [0.2, 0.25) is 0 Å². The van der Waals surface area contributed by atoms with Crippen molar-refractivity contribution in [3.63, 3.8) is 0 Å². The van der Waals surface area contributed by atoms with Gasteiger partial charge in [-0.2, -0.15) is 0 Å². The summed E-state index contributed by atoms with van der Waals surface area (Å²) in [5.74, 6) is -0.529. The minimum atomic E-state index is -0.688. The molecule has 9 nitrogen and oxygen atoms in total. The van der Waals surface area contributed by atoms with Gasteiger partial charge in [-0.1, -0.05) is 0 Å². The maximum absolute atomic E-state index is 11.8. The Balaban J connectivity index is 1.69. The molecule has 0 atom stereocenters. The van der Waals surface area contributed by atoms with Crippen LogP contribution in [-0.2, 0) is 30.3 Å². The van der Waals surface area contributed by atoms with Gasteiger partial charge < -0.3 is 18.9 Å². The summed E-state index contributed by atoms with van der Waals surface area (Å²) < 4.78 is 19.6. The third-order valence-corrected chi connectivity index (χ3v) is 3.94. The molecular weight excluding hydrogens is 376 g/mol. The van der Waals surface area contributed by atoms with Crippen molar-refractivity contribution in [3.05, 3.63) is 35.3 Å².